The Labute approximate surface area is 108 Å². The Bertz CT molecular complexity index is 307. The van der Waals surface area contributed by atoms with Crippen molar-refractivity contribution >= 4 is 11.9 Å². The summed E-state index contributed by atoms with van der Waals surface area (Å²) in [5.74, 6) is 0.187. The van der Waals surface area contributed by atoms with E-state index in [4.69, 9.17) is 10.5 Å². The molecule has 1 saturated carbocycles. The maximum Gasteiger partial charge on any atom is 0.332 e. The number of nitrogens with two attached hydrogens (primary N) is 1. The molecule has 1 rings (SSSR count). The minimum atomic E-state index is -1.21. The van der Waals surface area contributed by atoms with Crippen LogP contribution in [0.1, 0.15) is 40.0 Å². The third-order valence-corrected chi connectivity index (χ3v) is 3.77. The monoisotopic (exact) mass is 256 g/mol. The fraction of sp³-hybridized carbons (Fsp3) is 0.846. The van der Waals surface area contributed by atoms with Crippen molar-refractivity contribution < 1.29 is 14.3 Å². The van der Waals surface area contributed by atoms with Crippen molar-refractivity contribution in [3.05, 3.63) is 0 Å². The number of hydrogen-bond donors (Lipinski definition) is 2. The summed E-state index contributed by atoms with van der Waals surface area (Å²) in [6, 6.07) is -1.08. The summed E-state index contributed by atoms with van der Waals surface area (Å²) in [5.41, 5.74) is 5.54. The normalized spacial score (nSPS) is 29.4. The molecule has 1 aliphatic carbocycles. The molecule has 5 nitrogen and oxygen atoms in total. The number of carbonyl (C=O) groups is 2. The molecule has 0 aromatic rings. The van der Waals surface area contributed by atoms with Crippen molar-refractivity contribution in [3.8, 4) is 0 Å². The van der Waals surface area contributed by atoms with Gasteiger partial charge in [-0.2, -0.15) is 0 Å². The van der Waals surface area contributed by atoms with Gasteiger partial charge in [-0.1, -0.05) is 13.8 Å². The highest BCUT2D eigenvalue weighted by Crippen LogP contribution is 2.29. The molecule has 0 heterocycles. The molecule has 18 heavy (non-hydrogen) atoms. The van der Waals surface area contributed by atoms with Crippen LogP contribution in [0, 0.1) is 11.8 Å². The molecule has 104 valence electrons. The highest BCUT2D eigenvalue weighted by atomic mass is 16.5. The van der Waals surface area contributed by atoms with E-state index in [1.807, 2.05) is 0 Å². The second-order valence-corrected chi connectivity index (χ2v) is 5.20. The van der Waals surface area contributed by atoms with Crippen molar-refractivity contribution in [2.75, 3.05) is 6.61 Å². The lowest BCUT2D eigenvalue weighted by Crippen LogP contribution is -2.51. The van der Waals surface area contributed by atoms with Crippen LogP contribution in [0.5, 0.6) is 0 Å². The van der Waals surface area contributed by atoms with E-state index in [9.17, 15) is 9.59 Å². The fourth-order valence-corrected chi connectivity index (χ4v) is 2.31. The van der Waals surface area contributed by atoms with Gasteiger partial charge in [-0.05, 0) is 38.0 Å². The van der Waals surface area contributed by atoms with Crippen LogP contribution in [0.4, 0.5) is 0 Å². The lowest BCUT2D eigenvalue weighted by atomic mass is 9.79. The quantitative estimate of drug-likeness (QED) is 0.576. The predicted molar refractivity (Wildman–Crippen MR) is 68.7 cm³/mol. The van der Waals surface area contributed by atoms with Gasteiger partial charge in [-0.25, -0.2) is 4.79 Å². The molecule has 0 aromatic carbocycles. The molecule has 0 bridgehead atoms. The molecular weight excluding hydrogens is 232 g/mol. The summed E-state index contributed by atoms with van der Waals surface area (Å²) < 4.78 is 4.73. The summed E-state index contributed by atoms with van der Waals surface area (Å²) in [4.78, 5) is 23.1. The van der Waals surface area contributed by atoms with Crippen molar-refractivity contribution in [3.63, 3.8) is 0 Å². The van der Waals surface area contributed by atoms with E-state index in [1.54, 1.807) is 6.92 Å². The van der Waals surface area contributed by atoms with Crippen molar-refractivity contribution in [2.45, 2.75) is 52.1 Å². The summed E-state index contributed by atoms with van der Waals surface area (Å²) in [5, 5.41) is 2.84. The van der Waals surface area contributed by atoms with Crippen LogP contribution in [0.15, 0.2) is 0 Å². The van der Waals surface area contributed by atoms with E-state index < -0.39 is 17.9 Å². The lowest BCUT2D eigenvalue weighted by Gasteiger charge is -2.32. The first-order valence-electron chi connectivity index (χ1n) is 6.68. The molecule has 0 aromatic heterocycles. The van der Waals surface area contributed by atoms with E-state index in [1.165, 1.54) is 0 Å². The Kier molecular flexibility index (Phi) is 5.59. The van der Waals surface area contributed by atoms with Crippen molar-refractivity contribution in [1.29, 1.82) is 0 Å². The van der Waals surface area contributed by atoms with Crippen molar-refractivity contribution in [1.82, 2.24) is 5.32 Å². The minimum Gasteiger partial charge on any atom is -0.464 e. The van der Waals surface area contributed by atoms with Gasteiger partial charge in [0.25, 0.3) is 0 Å². The average Bonchev–Trinajstić information content (AvgIpc) is 2.33. The Morgan fingerprint density at radius 1 is 1.33 bits per heavy atom. The largest absolute Gasteiger partial charge is 0.464 e. The van der Waals surface area contributed by atoms with Gasteiger partial charge >= 0.3 is 5.97 Å². The van der Waals surface area contributed by atoms with E-state index in [0.29, 0.717) is 11.8 Å². The SMILES string of the molecule is CCOC(=O)C(N)C(=O)NC1CCC(C)C(C)C1. The van der Waals surface area contributed by atoms with Gasteiger partial charge in [0.2, 0.25) is 5.91 Å². The number of nitrogens with one attached hydrogen (secondary N) is 1. The van der Waals surface area contributed by atoms with Crippen LogP contribution in [0.3, 0.4) is 0 Å². The van der Waals surface area contributed by atoms with Gasteiger partial charge in [0, 0.05) is 6.04 Å². The van der Waals surface area contributed by atoms with Gasteiger partial charge in [0.15, 0.2) is 6.04 Å². The van der Waals surface area contributed by atoms with Crippen LogP contribution >= 0.6 is 0 Å². The number of hydrogen-bond acceptors (Lipinski definition) is 4. The highest BCUT2D eigenvalue weighted by Gasteiger charge is 2.29. The Balaban J connectivity index is 2.42. The Morgan fingerprint density at radius 3 is 2.56 bits per heavy atom. The third kappa shape index (κ3) is 3.98. The van der Waals surface area contributed by atoms with Gasteiger partial charge in [-0.3, -0.25) is 4.79 Å². The maximum absolute atomic E-state index is 11.8. The van der Waals surface area contributed by atoms with Crippen molar-refractivity contribution in [2.24, 2.45) is 17.6 Å². The first kappa shape index (κ1) is 15.0. The first-order valence-corrected chi connectivity index (χ1v) is 6.68. The number of rotatable bonds is 4. The van der Waals surface area contributed by atoms with Gasteiger partial charge in [0.1, 0.15) is 0 Å². The van der Waals surface area contributed by atoms with E-state index >= 15 is 0 Å². The molecule has 0 radical (unpaired) electrons. The molecule has 0 spiro atoms. The van der Waals surface area contributed by atoms with Crippen LogP contribution in [-0.2, 0) is 14.3 Å². The number of amides is 1. The molecule has 1 fully saturated rings. The van der Waals surface area contributed by atoms with Crippen LogP contribution < -0.4 is 11.1 Å². The molecule has 4 unspecified atom stereocenters. The van der Waals surface area contributed by atoms with E-state index in [0.717, 1.165) is 19.3 Å². The Hall–Kier alpha value is -1.10. The maximum atomic E-state index is 11.8. The summed E-state index contributed by atoms with van der Waals surface area (Å²) in [6.45, 7) is 6.34. The van der Waals surface area contributed by atoms with Crippen LogP contribution in [0.2, 0.25) is 0 Å². The molecule has 5 heteroatoms. The number of ether oxygens (including phenoxy) is 1. The molecule has 4 atom stereocenters. The standard InChI is InChI=1S/C13H24N2O3/c1-4-18-13(17)11(14)12(16)15-10-6-5-8(2)9(3)7-10/h8-11H,4-7,14H2,1-3H3,(H,15,16). The number of esters is 1. The van der Waals surface area contributed by atoms with Gasteiger partial charge in [0.05, 0.1) is 6.61 Å². The van der Waals surface area contributed by atoms with Crippen LogP contribution in [-0.4, -0.2) is 30.6 Å². The smallest absolute Gasteiger partial charge is 0.332 e. The summed E-state index contributed by atoms with van der Waals surface area (Å²) in [7, 11) is 0. The zero-order chi connectivity index (χ0) is 13.7. The minimum absolute atomic E-state index is 0.129. The molecular formula is C13H24N2O3. The molecule has 1 amide bonds. The first-order chi connectivity index (χ1) is 8.45. The zero-order valence-electron chi connectivity index (χ0n) is 11.4. The predicted octanol–water partition coefficient (Wildman–Crippen LogP) is 0.818. The third-order valence-electron chi connectivity index (χ3n) is 3.77. The molecule has 3 N–H and O–H groups in total. The Morgan fingerprint density at radius 2 is 2.00 bits per heavy atom. The second-order valence-electron chi connectivity index (χ2n) is 5.20. The second kappa shape index (κ2) is 6.73. The summed E-state index contributed by atoms with van der Waals surface area (Å²) in [6.07, 6.45) is 3.00. The van der Waals surface area contributed by atoms with E-state index in [-0.39, 0.29) is 12.6 Å². The zero-order valence-corrected chi connectivity index (χ0v) is 11.4. The number of carbonyl (C=O) groups excluding carboxylic acids is 2. The average molecular weight is 256 g/mol. The molecule has 0 saturated heterocycles. The fourth-order valence-electron chi connectivity index (χ4n) is 2.31. The molecule has 0 aliphatic heterocycles. The summed E-state index contributed by atoms with van der Waals surface area (Å²) >= 11 is 0. The lowest BCUT2D eigenvalue weighted by molar-refractivity contribution is -0.148. The van der Waals surface area contributed by atoms with E-state index in [2.05, 4.69) is 19.2 Å². The highest BCUT2D eigenvalue weighted by molar-refractivity contribution is 6.01. The van der Waals surface area contributed by atoms with Crippen LogP contribution in [0.25, 0.3) is 0 Å². The molecule has 1 aliphatic rings. The topological polar surface area (TPSA) is 81.4 Å². The van der Waals surface area contributed by atoms with Gasteiger partial charge in [-0.15, -0.1) is 0 Å². The van der Waals surface area contributed by atoms with Gasteiger partial charge < -0.3 is 15.8 Å².